The van der Waals surface area contributed by atoms with E-state index >= 15 is 0 Å². The number of aromatic nitrogens is 1. The van der Waals surface area contributed by atoms with Crippen LogP contribution in [0.5, 0.6) is 0 Å². The molecular weight excluding hydrogens is 258 g/mol. The molecule has 2 aromatic rings. The molecule has 1 aliphatic rings. The Labute approximate surface area is 127 Å². The topological polar surface area (TPSA) is 50.9 Å². The number of anilines is 2. The molecule has 0 amide bonds. The van der Waals surface area contributed by atoms with Gasteiger partial charge in [0.2, 0.25) is 0 Å². The fraction of sp³-hybridized carbons (Fsp3) is 0.500. The predicted molar refractivity (Wildman–Crippen MR) is 90.4 cm³/mol. The monoisotopic (exact) mass is 283 g/mol. The Morgan fingerprint density at radius 2 is 2.00 bits per heavy atom. The summed E-state index contributed by atoms with van der Waals surface area (Å²) in [5.41, 5.74) is 8.98. The van der Waals surface area contributed by atoms with Gasteiger partial charge in [0.25, 0.3) is 0 Å². The van der Waals surface area contributed by atoms with Crippen molar-refractivity contribution in [2.75, 3.05) is 11.1 Å². The fourth-order valence-corrected chi connectivity index (χ4v) is 3.65. The second-order valence-electron chi connectivity index (χ2n) is 6.55. The quantitative estimate of drug-likeness (QED) is 0.819. The first kappa shape index (κ1) is 14.2. The summed E-state index contributed by atoms with van der Waals surface area (Å²) in [7, 11) is 0. The van der Waals surface area contributed by atoms with Crippen LogP contribution in [0.3, 0.4) is 0 Å². The largest absolute Gasteiger partial charge is 0.398 e. The van der Waals surface area contributed by atoms with Gasteiger partial charge < -0.3 is 11.1 Å². The summed E-state index contributed by atoms with van der Waals surface area (Å²) in [4.78, 5) is 4.53. The Kier molecular flexibility index (Phi) is 4.00. The highest BCUT2D eigenvalue weighted by Gasteiger charge is 2.27. The van der Waals surface area contributed by atoms with E-state index < -0.39 is 0 Å². The zero-order valence-corrected chi connectivity index (χ0v) is 13.0. The van der Waals surface area contributed by atoms with Crippen LogP contribution >= 0.6 is 0 Å². The van der Waals surface area contributed by atoms with E-state index in [1.165, 1.54) is 25.7 Å². The van der Waals surface area contributed by atoms with Gasteiger partial charge >= 0.3 is 0 Å². The number of nitrogens with one attached hydrogen (secondary N) is 1. The van der Waals surface area contributed by atoms with Crippen LogP contribution in [0, 0.1) is 11.8 Å². The molecule has 1 fully saturated rings. The zero-order valence-electron chi connectivity index (χ0n) is 13.0. The van der Waals surface area contributed by atoms with Crippen LogP contribution in [0.1, 0.15) is 39.5 Å². The Balaban J connectivity index is 1.92. The van der Waals surface area contributed by atoms with Gasteiger partial charge in [-0.3, -0.25) is 4.98 Å². The number of nitrogen functional groups attached to an aromatic ring is 1. The minimum atomic E-state index is 0.549. The Morgan fingerprint density at radius 3 is 2.81 bits per heavy atom. The highest BCUT2D eigenvalue weighted by atomic mass is 14.9. The Morgan fingerprint density at radius 1 is 1.19 bits per heavy atom. The Bertz CT molecular complexity index is 621. The van der Waals surface area contributed by atoms with E-state index in [2.05, 4.69) is 30.2 Å². The van der Waals surface area contributed by atoms with Crippen molar-refractivity contribution >= 4 is 22.3 Å². The number of nitrogens with two attached hydrogens (primary N) is 1. The number of benzene rings is 1. The third kappa shape index (κ3) is 2.82. The number of pyridine rings is 1. The average Bonchev–Trinajstić information content (AvgIpc) is 2.51. The van der Waals surface area contributed by atoms with Crippen LogP contribution in [-0.4, -0.2) is 11.0 Å². The van der Waals surface area contributed by atoms with Gasteiger partial charge in [0.1, 0.15) is 0 Å². The highest BCUT2D eigenvalue weighted by molar-refractivity contribution is 5.98. The van der Waals surface area contributed by atoms with Gasteiger partial charge in [-0.1, -0.05) is 26.7 Å². The summed E-state index contributed by atoms with van der Waals surface area (Å²) in [6.07, 6.45) is 7.11. The van der Waals surface area contributed by atoms with E-state index in [-0.39, 0.29) is 0 Å². The molecule has 1 aliphatic carbocycles. The summed E-state index contributed by atoms with van der Waals surface area (Å²) in [6, 6.07) is 8.60. The van der Waals surface area contributed by atoms with E-state index in [0.29, 0.717) is 6.04 Å². The maximum Gasteiger partial charge on any atom is 0.0953 e. The highest BCUT2D eigenvalue weighted by Crippen LogP contribution is 2.34. The standard InChI is InChI=1S/C18H25N3/c1-12(2)13-6-3-4-8-16(13)21-17-10-9-15(19)14-7-5-11-20-18(14)17/h5,7,9-13,16,21H,3-4,6,8,19H2,1-2H3. The van der Waals surface area contributed by atoms with Crippen molar-refractivity contribution in [2.45, 2.75) is 45.6 Å². The first-order chi connectivity index (χ1) is 10.2. The molecule has 1 aromatic carbocycles. The second kappa shape index (κ2) is 5.92. The molecule has 1 saturated carbocycles. The molecule has 0 radical (unpaired) electrons. The molecule has 0 bridgehead atoms. The van der Waals surface area contributed by atoms with E-state index in [9.17, 15) is 0 Å². The van der Waals surface area contributed by atoms with Crippen molar-refractivity contribution in [1.82, 2.24) is 4.98 Å². The lowest BCUT2D eigenvalue weighted by atomic mass is 9.77. The number of rotatable bonds is 3. The van der Waals surface area contributed by atoms with Gasteiger partial charge in [-0.05, 0) is 48.9 Å². The van der Waals surface area contributed by atoms with Crippen LogP contribution < -0.4 is 11.1 Å². The van der Waals surface area contributed by atoms with Crippen LogP contribution in [0.25, 0.3) is 10.9 Å². The van der Waals surface area contributed by atoms with Gasteiger partial charge in [-0.2, -0.15) is 0 Å². The lowest BCUT2D eigenvalue weighted by Gasteiger charge is -2.35. The van der Waals surface area contributed by atoms with Gasteiger partial charge in [-0.15, -0.1) is 0 Å². The summed E-state index contributed by atoms with van der Waals surface area (Å²) in [5, 5.41) is 4.81. The molecule has 0 saturated heterocycles. The first-order valence-corrected chi connectivity index (χ1v) is 8.06. The molecule has 1 aromatic heterocycles. The van der Waals surface area contributed by atoms with Crippen molar-refractivity contribution in [3.05, 3.63) is 30.5 Å². The molecule has 3 rings (SSSR count). The van der Waals surface area contributed by atoms with Crippen molar-refractivity contribution in [2.24, 2.45) is 11.8 Å². The normalized spacial score (nSPS) is 22.6. The minimum Gasteiger partial charge on any atom is -0.398 e. The van der Waals surface area contributed by atoms with E-state index in [4.69, 9.17) is 5.73 Å². The molecule has 0 spiro atoms. The maximum absolute atomic E-state index is 6.07. The predicted octanol–water partition coefficient (Wildman–Crippen LogP) is 4.44. The molecule has 21 heavy (non-hydrogen) atoms. The van der Waals surface area contributed by atoms with Crippen LogP contribution in [0.4, 0.5) is 11.4 Å². The van der Waals surface area contributed by atoms with Crippen LogP contribution in [0.2, 0.25) is 0 Å². The van der Waals surface area contributed by atoms with Crippen molar-refractivity contribution < 1.29 is 0 Å². The molecule has 1 heterocycles. The third-order valence-corrected chi connectivity index (χ3v) is 4.82. The lowest BCUT2D eigenvalue weighted by molar-refractivity contribution is 0.254. The lowest BCUT2D eigenvalue weighted by Crippen LogP contribution is -2.35. The van der Waals surface area contributed by atoms with E-state index in [1.54, 1.807) is 0 Å². The van der Waals surface area contributed by atoms with Crippen LogP contribution in [-0.2, 0) is 0 Å². The van der Waals surface area contributed by atoms with Crippen LogP contribution in [0.15, 0.2) is 30.5 Å². The molecule has 3 N–H and O–H groups in total. The SMILES string of the molecule is CC(C)C1CCCCC1Nc1ccc(N)c2cccnc12. The number of hydrogen-bond acceptors (Lipinski definition) is 3. The molecule has 3 heteroatoms. The summed E-state index contributed by atoms with van der Waals surface area (Å²) >= 11 is 0. The summed E-state index contributed by atoms with van der Waals surface area (Å²) < 4.78 is 0. The smallest absolute Gasteiger partial charge is 0.0953 e. The minimum absolute atomic E-state index is 0.549. The molecule has 2 unspecified atom stereocenters. The summed E-state index contributed by atoms with van der Waals surface area (Å²) in [5.74, 6) is 1.46. The van der Waals surface area contributed by atoms with Gasteiger partial charge in [0.15, 0.2) is 0 Å². The molecule has 3 nitrogen and oxygen atoms in total. The van der Waals surface area contributed by atoms with Crippen molar-refractivity contribution in [3.63, 3.8) is 0 Å². The van der Waals surface area contributed by atoms with Crippen molar-refractivity contribution in [1.29, 1.82) is 0 Å². The molecule has 112 valence electrons. The molecule has 2 atom stereocenters. The Hall–Kier alpha value is -1.77. The van der Waals surface area contributed by atoms with E-state index in [0.717, 1.165) is 34.1 Å². The average molecular weight is 283 g/mol. The van der Waals surface area contributed by atoms with Crippen molar-refractivity contribution in [3.8, 4) is 0 Å². The van der Waals surface area contributed by atoms with Gasteiger partial charge in [0.05, 0.1) is 11.2 Å². The number of hydrogen-bond donors (Lipinski definition) is 2. The first-order valence-electron chi connectivity index (χ1n) is 8.06. The second-order valence-corrected chi connectivity index (χ2v) is 6.55. The molecular formula is C18H25N3. The fourth-order valence-electron chi connectivity index (χ4n) is 3.65. The summed E-state index contributed by atoms with van der Waals surface area (Å²) in [6.45, 7) is 4.67. The maximum atomic E-state index is 6.07. The molecule has 0 aliphatic heterocycles. The third-order valence-electron chi connectivity index (χ3n) is 4.82. The van der Waals surface area contributed by atoms with E-state index in [1.807, 2.05) is 24.4 Å². The number of nitrogens with zero attached hydrogens (tertiary/aromatic N) is 1. The number of fused-ring (bicyclic) bond motifs is 1. The van der Waals surface area contributed by atoms with Gasteiger partial charge in [-0.25, -0.2) is 0 Å². The van der Waals surface area contributed by atoms with Gasteiger partial charge in [0, 0.05) is 23.3 Å². The zero-order chi connectivity index (χ0) is 14.8.